The summed E-state index contributed by atoms with van der Waals surface area (Å²) in [6, 6.07) is 10.5. The van der Waals surface area contributed by atoms with Gasteiger partial charge in [-0.25, -0.2) is 12.8 Å². The molecule has 1 amide bonds. The maximum Gasteiger partial charge on any atom is 0.241 e. The standard InChI is InChI=1S/C21H26ClFN2O4S/c1-14(2)11-20(15-5-8-17(29-3)9-6-15)24-21(26)13-25(30(4,27)28)16-7-10-19(23)18(22)12-16/h5-10,12,14,20H,11,13H2,1-4H3,(H,24,26)/t20-/m1/s1. The number of nitrogens with zero attached hydrogens (tertiary/aromatic N) is 1. The van der Waals surface area contributed by atoms with Crippen molar-refractivity contribution in [3.05, 3.63) is 58.9 Å². The van der Waals surface area contributed by atoms with E-state index in [4.69, 9.17) is 16.3 Å². The number of hydrogen-bond acceptors (Lipinski definition) is 4. The topological polar surface area (TPSA) is 75.7 Å². The van der Waals surface area contributed by atoms with E-state index in [1.54, 1.807) is 19.2 Å². The Kier molecular flexibility index (Phi) is 8.09. The van der Waals surface area contributed by atoms with Crippen molar-refractivity contribution in [2.45, 2.75) is 26.3 Å². The molecule has 0 unspecified atom stereocenters. The summed E-state index contributed by atoms with van der Waals surface area (Å²) in [4.78, 5) is 12.8. The van der Waals surface area contributed by atoms with Crippen molar-refractivity contribution in [3.8, 4) is 5.75 Å². The summed E-state index contributed by atoms with van der Waals surface area (Å²) in [5.41, 5.74) is 0.998. The molecule has 0 heterocycles. The zero-order valence-electron chi connectivity index (χ0n) is 17.4. The maximum absolute atomic E-state index is 13.5. The molecule has 30 heavy (non-hydrogen) atoms. The van der Waals surface area contributed by atoms with Crippen LogP contribution in [0.3, 0.4) is 0 Å². The molecule has 0 aliphatic carbocycles. The number of amides is 1. The highest BCUT2D eigenvalue weighted by Crippen LogP contribution is 2.26. The van der Waals surface area contributed by atoms with Crippen LogP contribution in [0.2, 0.25) is 5.02 Å². The van der Waals surface area contributed by atoms with E-state index in [-0.39, 0.29) is 16.8 Å². The van der Waals surface area contributed by atoms with Crippen molar-refractivity contribution < 1.29 is 22.3 Å². The summed E-state index contributed by atoms with van der Waals surface area (Å²) >= 11 is 5.78. The number of halogens is 2. The average Bonchev–Trinajstić information content (AvgIpc) is 2.67. The number of carbonyl (C=O) groups is 1. The molecule has 0 bridgehead atoms. The maximum atomic E-state index is 13.5. The summed E-state index contributed by atoms with van der Waals surface area (Å²) in [5.74, 6) is -0.165. The lowest BCUT2D eigenvalue weighted by molar-refractivity contribution is -0.120. The number of hydrogen-bond donors (Lipinski definition) is 1. The van der Waals surface area contributed by atoms with Crippen LogP contribution in [0.5, 0.6) is 5.75 Å². The quantitative estimate of drug-likeness (QED) is 0.614. The molecule has 2 rings (SSSR count). The lowest BCUT2D eigenvalue weighted by Crippen LogP contribution is -2.41. The molecule has 164 valence electrons. The molecule has 0 aromatic heterocycles. The van der Waals surface area contributed by atoms with E-state index < -0.39 is 28.3 Å². The zero-order chi connectivity index (χ0) is 22.5. The van der Waals surface area contributed by atoms with Gasteiger partial charge in [0.15, 0.2) is 0 Å². The molecule has 0 aliphatic heterocycles. The molecule has 6 nitrogen and oxygen atoms in total. The number of nitrogens with one attached hydrogen (secondary N) is 1. The monoisotopic (exact) mass is 456 g/mol. The highest BCUT2D eigenvalue weighted by Gasteiger charge is 2.24. The van der Waals surface area contributed by atoms with E-state index in [9.17, 15) is 17.6 Å². The van der Waals surface area contributed by atoms with Crippen LogP contribution in [-0.4, -0.2) is 34.2 Å². The van der Waals surface area contributed by atoms with Crippen LogP contribution >= 0.6 is 11.6 Å². The van der Waals surface area contributed by atoms with Gasteiger partial charge >= 0.3 is 0 Å². The van der Waals surface area contributed by atoms with Crippen LogP contribution in [0.15, 0.2) is 42.5 Å². The van der Waals surface area contributed by atoms with Crippen molar-refractivity contribution in [2.24, 2.45) is 5.92 Å². The molecule has 9 heteroatoms. The molecule has 1 N–H and O–H groups in total. The Bertz CT molecular complexity index is 981. The normalized spacial score (nSPS) is 12.5. The Morgan fingerprint density at radius 2 is 1.83 bits per heavy atom. The molecule has 0 radical (unpaired) electrons. The minimum Gasteiger partial charge on any atom is -0.497 e. The third-order valence-corrected chi connectivity index (χ3v) is 5.87. The van der Waals surface area contributed by atoms with Gasteiger partial charge in [0.05, 0.1) is 30.1 Å². The van der Waals surface area contributed by atoms with Gasteiger partial charge in [0.25, 0.3) is 0 Å². The average molecular weight is 457 g/mol. The minimum atomic E-state index is -3.80. The number of ether oxygens (including phenoxy) is 1. The summed E-state index contributed by atoms with van der Waals surface area (Å²) < 4.78 is 44.1. The van der Waals surface area contributed by atoms with Crippen LogP contribution < -0.4 is 14.4 Å². The first-order valence-corrected chi connectivity index (χ1v) is 11.6. The van der Waals surface area contributed by atoms with Crippen molar-refractivity contribution in [2.75, 3.05) is 24.2 Å². The van der Waals surface area contributed by atoms with E-state index in [0.29, 0.717) is 18.1 Å². The predicted molar refractivity (Wildman–Crippen MR) is 117 cm³/mol. The number of benzene rings is 2. The van der Waals surface area contributed by atoms with Gasteiger partial charge in [-0.05, 0) is 48.2 Å². The van der Waals surface area contributed by atoms with Gasteiger partial charge in [-0.15, -0.1) is 0 Å². The first-order valence-electron chi connectivity index (χ1n) is 9.37. The number of sulfonamides is 1. The first-order chi connectivity index (χ1) is 14.0. The van der Waals surface area contributed by atoms with Crippen LogP contribution in [0.1, 0.15) is 31.9 Å². The number of anilines is 1. The van der Waals surface area contributed by atoms with Gasteiger partial charge in [-0.3, -0.25) is 9.10 Å². The largest absolute Gasteiger partial charge is 0.497 e. The molecule has 0 saturated carbocycles. The van der Waals surface area contributed by atoms with Crippen LogP contribution in [0, 0.1) is 11.7 Å². The smallest absolute Gasteiger partial charge is 0.241 e. The highest BCUT2D eigenvalue weighted by atomic mass is 35.5. The summed E-state index contributed by atoms with van der Waals surface area (Å²) in [5, 5.41) is 2.68. The second kappa shape index (κ2) is 10.1. The van der Waals surface area contributed by atoms with Crippen molar-refractivity contribution >= 4 is 33.2 Å². The van der Waals surface area contributed by atoms with E-state index in [0.717, 1.165) is 22.2 Å². The lowest BCUT2D eigenvalue weighted by atomic mass is 9.97. The molecule has 2 aromatic carbocycles. The molecule has 0 aliphatic rings. The second-order valence-electron chi connectivity index (χ2n) is 7.39. The highest BCUT2D eigenvalue weighted by molar-refractivity contribution is 7.92. The van der Waals surface area contributed by atoms with Gasteiger partial charge in [0.2, 0.25) is 15.9 Å². The van der Waals surface area contributed by atoms with Crippen molar-refractivity contribution in [1.29, 1.82) is 0 Å². The fraction of sp³-hybridized carbons (Fsp3) is 0.381. The van der Waals surface area contributed by atoms with Crippen molar-refractivity contribution in [3.63, 3.8) is 0 Å². The van der Waals surface area contributed by atoms with Gasteiger partial charge < -0.3 is 10.1 Å². The van der Waals surface area contributed by atoms with Crippen LogP contribution in [-0.2, 0) is 14.8 Å². The molecule has 0 spiro atoms. The van der Waals surface area contributed by atoms with Crippen molar-refractivity contribution in [1.82, 2.24) is 5.32 Å². The Labute approximate surface area is 182 Å². The molecule has 2 aromatic rings. The van der Waals surface area contributed by atoms with E-state index in [1.807, 2.05) is 26.0 Å². The van der Waals surface area contributed by atoms with Gasteiger partial charge in [0.1, 0.15) is 18.1 Å². The van der Waals surface area contributed by atoms with Gasteiger partial charge in [0, 0.05) is 0 Å². The molecule has 0 fully saturated rings. The third kappa shape index (κ3) is 6.60. The fourth-order valence-corrected chi connectivity index (χ4v) is 4.02. The molecule has 0 saturated heterocycles. The molecular weight excluding hydrogens is 431 g/mol. The first kappa shape index (κ1) is 24.0. The van der Waals surface area contributed by atoms with Gasteiger partial charge in [-0.1, -0.05) is 37.6 Å². The van der Waals surface area contributed by atoms with E-state index >= 15 is 0 Å². The zero-order valence-corrected chi connectivity index (χ0v) is 18.9. The predicted octanol–water partition coefficient (Wildman–Crippen LogP) is 4.16. The Hall–Kier alpha value is -2.32. The Morgan fingerprint density at radius 3 is 2.33 bits per heavy atom. The fourth-order valence-electron chi connectivity index (χ4n) is 3.00. The number of methoxy groups -OCH3 is 1. The van der Waals surface area contributed by atoms with E-state index in [2.05, 4.69) is 5.32 Å². The van der Waals surface area contributed by atoms with Crippen LogP contribution in [0.4, 0.5) is 10.1 Å². The van der Waals surface area contributed by atoms with Crippen LogP contribution in [0.25, 0.3) is 0 Å². The Balaban J connectivity index is 2.24. The minimum absolute atomic E-state index is 0.115. The lowest BCUT2D eigenvalue weighted by Gasteiger charge is -2.25. The number of rotatable bonds is 9. The molecule has 1 atom stereocenters. The summed E-state index contributed by atoms with van der Waals surface area (Å²) in [6.45, 7) is 3.61. The third-order valence-electron chi connectivity index (χ3n) is 4.44. The molecular formula is C21H26ClFN2O4S. The van der Waals surface area contributed by atoms with E-state index in [1.165, 1.54) is 12.1 Å². The Morgan fingerprint density at radius 1 is 1.20 bits per heavy atom. The second-order valence-corrected chi connectivity index (χ2v) is 9.70. The number of carbonyl (C=O) groups excluding carboxylic acids is 1. The van der Waals surface area contributed by atoms with Gasteiger partial charge in [-0.2, -0.15) is 0 Å². The summed E-state index contributed by atoms with van der Waals surface area (Å²) in [7, 11) is -2.23. The SMILES string of the molecule is COc1ccc([C@@H](CC(C)C)NC(=O)CN(c2ccc(F)c(Cl)c2)S(C)(=O)=O)cc1. The summed E-state index contributed by atoms with van der Waals surface area (Å²) in [6.07, 6.45) is 1.64.